The number of unbranched alkanes of at least 4 members (excludes halogenated alkanes) is 1. The highest BCUT2D eigenvalue weighted by atomic mass is 16.2. The van der Waals surface area contributed by atoms with Gasteiger partial charge in [-0.1, -0.05) is 75.8 Å². The minimum atomic E-state index is 0.177. The Kier molecular flexibility index (Phi) is 9.33. The van der Waals surface area contributed by atoms with Crippen LogP contribution in [0.25, 0.3) is 0 Å². The van der Waals surface area contributed by atoms with Crippen molar-refractivity contribution in [1.82, 2.24) is 15.1 Å². The summed E-state index contributed by atoms with van der Waals surface area (Å²) in [5.74, 6) is 0.828. The van der Waals surface area contributed by atoms with Crippen molar-refractivity contribution >= 4 is 6.03 Å². The van der Waals surface area contributed by atoms with Crippen LogP contribution in [0.3, 0.4) is 0 Å². The fraction of sp³-hybridized carbons (Fsp3) is 0.720. The smallest absolute Gasteiger partial charge is 0.317 e. The normalized spacial score (nSPS) is 19.2. The average Bonchev–Trinajstić information content (AvgIpc) is 2.76. The van der Waals surface area contributed by atoms with Gasteiger partial charge in [0.05, 0.1) is 0 Å². The number of urea groups is 1. The minimum absolute atomic E-state index is 0.177. The number of likely N-dealkylation sites (tertiary alicyclic amines) is 1. The van der Waals surface area contributed by atoms with E-state index in [0.717, 1.165) is 70.7 Å². The molecule has 2 fully saturated rings. The standard InChI is InChI=1S/C25H41N3O/c1-2-3-18-28(25(29)26-17-14-22-10-6-4-7-11-22)24-15-19-27(20-16-24)21-23-12-8-5-9-13-23/h5,8-9,12-13,22,24H,2-4,6-7,10-11,14-21H2,1H3,(H,26,29). The summed E-state index contributed by atoms with van der Waals surface area (Å²) < 4.78 is 0. The van der Waals surface area contributed by atoms with Crippen molar-refractivity contribution in [2.75, 3.05) is 26.2 Å². The molecule has 1 N–H and O–H groups in total. The lowest BCUT2D eigenvalue weighted by molar-refractivity contribution is 0.116. The topological polar surface area (TPSA) is 35.6 Å². The number of hydrogen-bond acceptors (Lipinski definition) is 2. The number of benzene rings is 1. The van der Waals surface area contributed by atoms with Crippen molar-refractivity contribution in [2.45, 2.75) is 83.7 Å². The molecule has 1 saturated carbocycles. The second kappa shape index (κ2) is 12.2. The fourth-order valence-electron chi connectivity index (χ4n) is 4.97. The molecule has 3 rings (SSSR count). The fourth-order valence-corrected chi connectivity index (χ4v) is 4.97. The molecule has 1 aliphatic carbocycles. The zero-order chi connectivity index (χ0) is 20.3. The number of hydrogen-bond donors (Lipinski definition) is 1. The maximum absolute atomic E-state index is 13.0. The Morgan fingerprint density at radius 1 is 1.07 bits per heavy atom. The van der Waals surface area contributed by atoms with E-state index in [0.29, 0.717) is 6.04 Å². The molecule has 0 atom stereocenters. The summed E-state index contributed by atoms with van der Waals surface area (Å²) in [7, 11) is 0. The third-order valence-electron chi connectivity index (χ3n) is 6.81. The Morgan fingerprint density at radius 2 is 1.79 bits per heavy atom. The quantitative estimate of drug-likeness (QED) is 0.601. The molecule has 1 aliphatic heterocycles. The van der Waals surface area contributed by atoms with E-state index in [1.165, 1.54) is 37.7 Å². The summed E-state index contributed by atoms with van der Waals surface area (Å²) in [5, 5.41) is 3.26. The summed E-state index contributed by atoms with van der Waals surface area (Å²) in [6.45, 7) is 7.14. The molecule has 2 amide bonds. The van der Waals surface area contributed by atoms with E-state index in [1.807, 2.05) is 0 Å². The summed E-state index contributed by atoms with van der Waals surface area (Å²) in [5.41, 5.74) is 1.38. The molecule has 162 valence electrons. The van der Waals surface area contributed by atoms with Crippen LogP contribution in [0.15, 0.2) is 30.3 Å². The minimum Gasteiger partial charge on any atom is -0.338 e. The van der Waals surface area contributed by atoms with Gasteiger partial charge in [-0.15, -0.1) is 0 Å². The van der Waals surface area contributed by atoms with Crippen LogP contribution < -0.4 is 5.32 Å². The number of nitrogens with zero attached hydrogens (tertiary/aromatic N) is 2. The van der Waals surface area contributed by atoms with Crippen LogP contribution in [0.2, 0.25) is 0 Å². The lowest BCUT2D eigenvalue weighted by Crippen LogP contribution is -2.51. The van der Waals surface area contributed by atoms with Crippen molar-refractivity contribution in [1.29, 1.82) is 0 Å². The molecule has 0 spiro atoms. The molecule has 4 nitrogen and oxygen atoms in total. The highest BCUT2D eigenvalue weighted by Crippen LogP contribution is 2.26. The SMILES string of the molecule is CCCCN(C(=O)NCCC1CCCCC1)C1CCN(Cc2ccccc2)CC1. The Labute approximate surface area is 178 Å². The van der Waals surface area contributed by atoms with Crippen LogP contribution >= 0.6 is 0 Å². The third kappa shape index (κ3) is 7.33. The molecule has 1 aromatic carbocycles. The molecule has 0 bridgehead atoms. The largest absolute Gasteiger partial charge is 0.338 e. The van der Waals surface area contributed by atoms with E-state index in [4.69, 9.17) is 0 Å². The van der Waals surface area contributed by atoms with Crippen molar-refractivity contribution in [3.8, 4) is 0 Å². The van der Waals surface area contributed by atoms with Crippen LogP contribution in [-0.2, 0) is 6.54 Å². The van der Waals surface area contributed by atoms with Gasteiger partial charge in [-0.25, -0.2) is 4.79 Å². The second-order valence-corrected chi connectivity index (χ2v) is 9.06. The predicted molar refractivity (Wildman–Crippen MR) is 121 cm³/mol. The number of amides is 2. The molecule has 0 unspecified atom stereocenters. The van der Waals surface area contributed by atoms with Crippen LogP contribution in [-0.4, -0.2) is 48.1 Å². The molecule has 0 radical (unpaired) electrons. The zero-order valence-corrected chi connectivity index (χ0v) is 18.5. The van der Waals surface area contributed by atoms with Gasteiger partial charge < -0.3 is 10.2 Å². The first-order chi connectivity index (χ1) is 14.3. The first-order valence-electron chi connectivity index (χ1n) is 12.1. The van der Waals surface area contributed by atoms with E-state index < -0.39 is 0 Å². The zero-order valence-electron chi connectivity index (χ0n) is 18.5. The van der Waals surface area contributed by atoms with E-state index in [2.05, 4.69) is 52.4 Å². The van der Waals surface area contributed by atoms with E-state index >= 15 is 0 Å². The van der Waals surface area contributed by atoms with Crippen LogP contribution in [0, 0.1) is 5.92 Å². The van der Waals surface area contributed by atoms with Crippen molar-refractivity contribution in [3.05, 3.63) is 35.9 Å². The van der Waals surface area contributed by atoms with Crippen molar-refractivity contribution in [2.24, 2.45) is 5.92 Å². The molecule has 1 aromatic rings. The maximum atomic E-state index is 13.0. The Morgan fingerprint density at radius 3 is 2.48 bits per heavy atom. The van der Waals surface area contributed by atoms with Gasteiger partial charge in [-0.05, 0) is 37.2 Å². The number of rotatable bonds is 9. The van der Waals surface area contributed by atoms with Crippen molar-refractivity contribution < 1.29 is 4.79 Å². The lowest BCUT2D eigenvalue weighted by Gasteiger charge is -2.38. The van der Waals surface area contributed by atoms with Gasteiger partial charge in [0.1, 0.15) is 0 Å². The molecule has 0 aromatic heterocycles. The van der Waals surface area contributed by atoms with Gasteiger partial charge in [-0.3, -0.25) is 4.90 Å². The predicted octanol–water partition coefficient (Wildman–Crippen LogP) is 5.43. The lowest BCUT2D eigenvalue weighted by atomic mass is 9.87. The van der Waals surface area contributed by atoms with E-state index in [1.54, 1.807) is 0 Å². The first-order valence-corrected chi connectivity index (χ1v) is 12.1. The Hall–Kier alpha value is -1.55. The molecule has 1 saturated heterocycles. The van der Waals surface area contributed by atoms with Crippen LogP contribution in [0.4, 0.5) is 4.79 Å². The molecule has 1 heterocycles. The van der Waals surface area contributed by atoms with Gasteiger partial charge in [-0.2, -0.15) is 0 Å². The number of carbonyl (C=O) groups excluding carboxylic acids is 1. The maximum Gasteiger partial charge on any atom is 0.317 e. The highest BCUT2D eigenvalue weighted by molar-refractivity contribution is 5.74. The van der Waals surface area contributed by atoms with Gasteiger partial charge in [0.25, 0.3) is 0 Å². The molecular formula is C25H41N3O. The van der Waals surface area contributed by atoms with Crippen LogP contribution in [0.1, 0.15) is 76.7 Å². The first kappa shape index (κ1) is 22.1. The van der Waals surface area contributed by atoms with Crippen molar-refractivity contribution in [3.63, 3.8) is 0 Å². The number of nitrogens with one attached hydrogen (secondary N) is 1. The van der Waals surface area contributed by atoms with Crippen LogP contribution in [0.5, 0.6) is 0 Å². The van der Waals surface area contributed by atoms with Gasteiger partial charge in [0.15, 0.2) is 0 Å². The summed E-state index contributed by atoms with van der Waals surface area (Å²) in [6.07, 6.45) is 12.4. The Bertz CT molecular complexity index is 577. The summed E-state index contributed by atoms with van der Waals surface area (Å²) in [6, 6.07) is 11.3. The molecule has 2 aliphatic rings. The summed E-state index contributed by atoms with van der Waals surface area (Å²) in [4.78, 5) is 17.7. The second-order valence-electron chi connectivity index (χ2n) is 9.06. The van der Waals surface area contributed by atoms with Gasteiger partial charge >= 0.3 is 6.03 Å². The highest BCUT2D eigenvalue weighted by Gasteiger charge is 2.27. The van der Waals surface area contributed by atoms with E-state index in [-0.39, 0.29) is 6.03 Å². The number of piperidine rings is 1. The Balaban J connectivity index is 1.44. The third-order valence-corrected chi connectivity index (χ3v) is 6.81. The number of carbonyl (C=O) groups is 1. The van der Waals surface area contributed by atoms with Gasteiger partial charge in [0.2, 0.25) is 0 Å². The molecular weight excluding hydrogens is 358 g/mol. The van der Waals surface area contributed by atoms with Gasteiger partial charge in [0, 0.05) is 38.8 Å². The summed E-state index contributed by atoms with van der Waals surface area (Å²) >= 11 is 0. The monoisotopic (exact) mass is 399 g/mol. The molecule has 29 heavy (non-hydrogen) atoms. The average molecular weight is 400 g/mol. The molecule has 4 heteroatoms. The van der Waals surface area contributed by atoms with E-state index in [9.17, 15) is 4.79 Å².